The van der Waals surface area contributed by atoms with Crippen LogP contribution < -0.4 is 0 Å². The molecule has 0 amide bonds. The van der Waals surface area contributed by atoms with E-state index in [1.807, 2.05) is 0 Å². The lowest BCUT2D eigenvalue weighted by molar-refractivity contribution is -0.136. The van der Waals surface area contributed by atoms with Crippen molar-refractivity contribution in [3.63, 3.8) is 0 Å². The molecule has 0 bridgehead atoms. The highest BCUT2D eigenvalue weighted by atomic mass is 32.2. The Morgan fingerprint density at radius 1 is 1.55 bits per heavy atom. The highest BCUT2D eigenvalue weighted by Crippen LogP contribution is 1.92. The molecule has 5 nitrogen and oxygen atoms in total. The van der Waals surface area contributed by atoms with Crippen LogP contribution in [0.4, 0.5) is 0 Å². The second kappa shape index (κ2) is 3.93. The largest absolute Gasteiger partial charge is 0.481 e. The van der Waals surface area contributed by atoms with Crippen LogP contribution in [-0.4, -0.2) is 31.0 Å². The van der Waals surface area contributed by atoms with Gasteiger partial charge in [0, 0.05) is 0 Å². The minimum absolute atomic E-state index is 0.440. The van der Waals surface area contributed by atoms with Crippen molar-refractivity contribution >= 4 is 15.8 Å². The molecule has 0 spiro atoms. The lowest BCUT2D eigenvalue weighted by atomic mass is 10.5. The van der Waals surface area contributed by atoms with E-state index in [1.54, 1.807) is 0 Å². The van der Waals surface area contributed by atoms with Crippen molar-refractivity contribution in [2.24, 2.45) is 0 Å². The van der Waals surface area contributed by atoms with Gasteiger partial charge in [-0.3, -0.25) is 4.79 Å². The maximum atomic E-state index is 10.6. The van der Waals surface area contributed by atoms with Crippen molar-refractivity contribution < 1.29 is 18.3 Å². The summed E-state index contributed by atoms with van der Waals surface area (Å²) >= 11 is 0. The maximum Gasteiger partial charge on any atom is 0.304 e. The highest BCUT2D eigenvalue weighted by molar-refractivity contribution is 7.91. The van der Waals surface area contributed by atoms with Crippen molar-refractivity contribution in [2.45, 2.75) is 6.42 Å². The summed E-state index contributed by atoms with van der Waals surface area (Å²) in [5, 5.41) is 16.1. The first-order chi connectivity index (χ1) is 4.98. The average molecular weight is 177 g/mol. The number of aliphatic carboxylic acids is 1. The Morgan fingerprint density at radius 3 is 2.45 bits per heavy atom. The van der Waals surface area contributed by atoms with Crippen LogP contribution in [0.15, 0.2) is 0 Å². The van der Waals surface area contributed by atoms with E-state index >= 15 is 0 Å². The maximum absolute atomic E-state index is 10.6. The van der Waals surface area contributed by atoms with Gasteiger partial charge in [-0.15, -0.1) is 0 Å². The van der Waals surface area contributed by atoms with E-state index in [0.717, 1.165) is 0 Å². The number of hydrogen-bond donors (Lipinski definition) is 1. The molecule has 0 aliphatic heterocycles. The molecule has 0 rings (SSSR count). The molecule has 0 fully saturated rings. The molecule has 0 aromatic heterocycles. The molecule has 0 atom stereocenters. The van der Waals surface area contributed by atoms with Gasteiger partial charge in [-0.25, -0.2) is 8.42 Å². The van der Waals surface area contributed by atoms with Crippen LogP contribution >= 0.6 is 0 Å². The first kappa shape index (κ1) is 9.91. The summed E-state index contributed by atoms with van der Waals surface area (Å²) in [7, 11) is -3.47. The molecule has 0 aromatic carbocycles. The molecule has 0 unspecified atom stereocenters. The summed E-state index contributed by atoms with van der Waals surface area (Å²) in [4.78, 5) is 9.90. The van der Waals surface area contributed by atoms with Crippen LogP contribution in [0.3, 0.4) is 0 Å². The molecule has 6 heteroatoms. The van der Waals surface area contributed by atoms with Crippen molar-refractivity contribution in [3.05, 3.63) is 0 Å². The molecule has 11 heavy (non-hydrogen) atoms. The fraction of sp³-hybridized carbons (Fsp3) is 0.600. The number of nitrogens with zero attached hydrogens (tertiary/aromatic N) is 1. The van der Waals surface area contributed by atoms with Crippen molar-refractivity contribution in [1.29, 1.82) is 5.26 Å². The Balaban J connectivity index is 3.96. The monoisotopic (exact) mass is 177 g/mol. The molecule has 0 heterocycles. The van der Waals surface area contributed by atoms with Gasteiger partial charge in [-0.05, 0) is 0 Å². The Hall–Kier alpha value is -1.09. The molecular weight excluding hydrogens is 170 g/mol. The number of hydrogen-bond acceptors (Lipinski definition) is 4. The van der Waals surface area contributed by atoms with Gasteiger partial charge in [-0.1, -0.05) is 0 Å². The second-order valence-electron chi connectivity index (χ2n) is 1.89. The van der Waals surface area contributed by atoms with E-state index in [0.29, 0.717) is 0 Å². The van der Waals surface area contributed by atoms with E-state index in [4.69, 9.17) is 10.4 Å². The van der Waals surface area contributed by atoms with E-state index in [1.165, 1.54) is 6.07 Å². The van der Waals surface area contributed by atoms with Gasteiger partial charge in [0.05, 0.1) is 18.2 Å². The zero-order chi connectivity index (χ0) is 8.91. The molecule has 0 saturated carbocycles. The third kappa shape index (κ3) is 5.36. The molecule has 0 aliphatic rings. The van der Waals surface area contributed by atoms with Gasteiger partial charge in [0.25, 0.3) is 0 Å². The summed E-state index contributed by atoms with van der Waals surface area (Å²) in [5.74, 6) is -2.25. The summed E-state index contributed by atoms with van der Waals surface area (Å²) in [5.41, 5.74) is 0. The molecule has 62 valence electrons. The molecular formula is C5H7NO4S. The van der Waals surface area contributed by atoms with Crippen LogP contribution in [0.1, 0.15) is 6.42 Å². The quantitative estimate of drug-likeness (QED) is 0.618. The standard InChI is InChI=1S/C5H7NO4S/c6-2-4-11(9,10)3-1-5(7)8/h1,3-4H2,(H,7,8). The van der Waals surface area contributed by atoms with Gasteiger partial charge >= 0.3 is 5.97 Å². The van der Waals surface area contributed by atoms with Crippen LogP contribution in [0.2, 0.25) is 0 Å². The normalized spacial score (nSPS) is 10.5. The van der Waals surface area contributed by atoms with Gasteiger partial charge in [0.1, 0.15) is 5.75 Å². The second-order valence-corrected chi connectivity index (χ2v) is 4.08. The first-order valence-corrected chi connectivity index (χ1v) is 4.59. The van der Waals surface area contributed by atoms with Gasteiger partial charge in [0.15, 0.2) is 9.84 Å². The van der Waals surface area contributed by atoms with Crippen molar-refractivity contribution in [2.75, 3.05) is 11.5 Å². The van der Waals surface area contributed by atoms with Crippen LogP contribution in [0, 0.1) is 11.3 Å². The topological polar surface area (TPSA) is 95.2 Å². The lowest BCUT2D eigenvalue weighted by Crippen LogP contribution is -2.12. The van der Waals surface area contributed by atoms with E-state index in [2.05, 4.69) is 0 Å². The highest BCUT2D eigenvalue weighted by Gasteiger charge is 2.11. The van der Waals surface area contributed by atoms with Crippen LogP contribution in [-0.2, 0) is 14.6 Å². The number of carbonyl (C=O) groups is 1. The Morgan fingerprint density at radius 2 is 2.09 bits per heavy atom. The minimum Gasteiger partial charge on any atom is -0.481 e. The molecule has 0 radical (unpaired) electrons. The lowest BCUT2D eigenvalue weighted by Gasteiger charge is -1.94. The molecule has 0 aromatic rings. The third-order valence-corrected chi connectivity index (χ3v) is 2.31. The molecule has 0 aliphatic carbocycles. The first-order valence-electron chi connectivity index (χ1n) is 2.77. The fourth-order valence-corrected chi connectivity index (χ4v) is 1.24. The number of rotatable bonds is 4. The fourth-order valence-electron chi connectivity index (χ4n) is 0.413. The predicted octanol–water partition coefficient (Wildman–Crippen LogP) is -0.601. The zero-order valence-corrected chi connectivity index (χ0v) is 6.47. The van der Waals surface area contributed by atoms with Gasteiger partial charge in [0.2, 0.25) is 0 Å². The van der Waals surface area contributed by atoms with E-state index in [-0.39, 0.29) is 0 Å². The SMILES string of the molecule is N#CCS(=O)(=O)CCC(=O)O. The summed E-state index contributed by atoms with van der Waals surface area (Å²) < 4.78 is 21.3. The van der Waals surface area contributed by atoms with E-state index < -0.39 is 33.7 Å². The molecule has 1 N–H and O–H groups in total. The number of sulfone groups is 1. The van der Waals surface area contributed by atoms with Gasteiger partial charge in [-0.2, -0.15) is 5.26 Å². The van der Waals surface area contributed by atoms with E-state index in [9.17, 15) is 13.2 Å². The molecule has 0 saturated heterocycles. The number of carboxylic acid groups (broad SMARTS) is 1. The zero-order valence-electron chi connectivity index (χ0n) is 5.65. The smallest absolute Gasteiger partial charge is 0.304 e. The Bertz CT molecular complexity index is 273. The van der Waals surface area contributed by atoms with Gasteiger partial charge < -0.3 is 5.11 Å². The van der Waals surface area contributed by atoms with Crippen molar-refractivity contribution in [1.82, 2.24) is 0 Å². The van der Waals surface area contributed by atoms with Crippen LogP contribution in [0.5, 0.6) is 0 Å². The summed E-state index contributed by atoms with van der Waals surface area (Å²) in [6.45, 7) is 0. The van der Waals surface area contributed by atoms with Crippen LogP contribution in [0.25, 0.3) is 0 Å². The Labute approximate surface area is 64.2 Å². The minimum atomic E-state index is -3.47. The summed E-state index contributed by atoms with van der Waals surface area (Å²) in [6.07, 6.45) is -0.440. The predicted molar refractivity (Wildman–Crippen MR) is 36.5 cm³/mol. The summed E-state index contributed by atoms with van der Waals surface area (Å²) in [6, 6.07) is 1.45. The third-order valence-electron chi connectivity index (χ3n) is 0.911. The number of nitriles is 1. The number of carboxylic acids is 1. The van der Waals surface area contributed by atoms with Crippen molar-refractivity contribution in [3.8, 4) is 6.07 Å². The Kier molecular flexibility index (Phi) is 3.54. The average Bonchev–Trinajstić information content (AvgIpc) is 1.84.